The highest BCUT2D eigenvalue weighted by atomic mass is 35.5. The molecule has 2 heterocycles. The van der Waals surface area contributed by atoms with Crippen LogP contribution in [-0.4, -0.2) is 19.9 Å². The summed E-state index contributed by atoms with van der Waals surface area (Å²) >= 11 is 0. The van der Waals surface area contributed by atoms with Crippen molar-refractivity contribution in [2.75, 3.05) is 0 Å². The van der Waals surface area contributed by atoms with Crippen molar-refractivity contribution in [2.24, 2.45) is 0 Å². The van der Waals surface area contributed by atoms with Crippen LogP contribution in [0, 0.1) is 6.92 Å². The van der Waals surface area contributed by atoms with Crippen LogP contribution in [-0.2, 0) is 0 Å². The molecule has 17 heavy (non-hydrogen) atoms. The van der Waals surface area contributed by atoms with Crippen LogP contribution in [0.4, 0.5) is 0 Å². The fraction of sp³-hybridized carbons (Fsp3) is 0.0833. The van der Waals surface area contributed by atoms with E-state index >= 15 is 0 Å². The molecule has 0 bridgehead atoms. The van der Waals surface area contributed by atoms with Crippen LogP contribution < -0.4 is 0 Å². The predicted octanol–water partition coefficient (Wildman–Crippen LogP) is 2.75. The first-order chi connectivity index (χ1) is 7.84. The minimum Gasteiger partial charge on any atom is -0.342 e. The summed E-state index contributed by atoms with van der Waals surface area (Å²) in [5.74, 6) is 0.720. The van der Waals surface area contributed by atoms with Gasteiger partial charge in [-0.05, 0) is 12.5 Å². The number of aromatic nitrogens is 4. The molecule has 5 heteroatoms. The van der Waals surface area contributed by atoms with Gasteiger partial charge in [0.05, 0.1) is 12.5 Å². The van der Waals surface area contributed by atoms with Gasteiger partial charge in [-0.2, -0.15) is 0 Å². The van der Waals surface area contributed by atoms with Crippen molar-refractivity contribution in [2.45, 2.75) is 6.92 Å². The molecule has 0 amide bonds. The molecule has 0 atom stereocenters. The van der Waals surface area contributed by atoms with Crippen molar-refractivity contribution >= 4 is 23.6 Å². The van der Waals surface area contributed by atoms with E-state index in [0.717, 1.165) is 22.5 Å². The highest BCUT2D eigenvalue weighted by molar-refractivity contribution is 5.85. The molecule has 0 aliphatic heterocycles. The third-order valence-electron chi connectivity index (χ3n) is 2.56. The number of aryl methyl sites for hydroxylation is 1. The number of hydrogen-bond acceptors (Lipinski definition) is 3. The normalized spacial score (nSPS) is 10.2. The van der Waals surface area contributed by atoms with Gasteiger partial charge in [-0.25, -0.2) is 15.0 Å². The Hall–Kier alpha value is -1.94. The Morgan fingerprint density at radius 1 is 1.12 bits per heavy atom. The quantitative estimate of drug-likeness (QED) is 0.718. The second kappa shape index (κ2) is 4.51. The van der Waals surface area contributed by atoms with E-state index in [-0.39, 0.29) is 12.4 Å². The SMILES string of the molecule is Cc1ccccc1-c1ncc2[nH]cnc2n1.Cl. The van der Waals surface area contributed by atoms with Crippen molar-refractivity contribution in [1.82, 2.24) is 19.9 Å². The minimum absolute atomic E-state index is 0. The number of benzene rings is 1. The third kappa shape index (κ3) is 1.99. The molecule has 1 aromatic carbocycles. The van der Waals surface area contributed by atoms with Crippen LogP contribution in [0.5, 0.6) is 0 Å². The first kappa shape index (κ1) is 11.5. The average molecular weight is 247 g/mol. The van der Waals surface area contributed by atoms with Gasteiger partial charge in [0.2, 0.25) is 0 Å². The van der Waals surface area contributed by atoms with Crippen LogP contribution in [0.15, 0.2) is 36.8 Å². The first-order valence-corrected chi connectivity index (χ1v) is 5.07. The van der Waals surface area contributed by atoms with Crippen molar-refractivity contribution in [3.8, 4) is 11.4 Å². The highest BCUT2D eigenvalue weighted by Crippen LogP contribution is 2.19. The van der Waals surface area contributed by atoms with Crippen LogP contribution >= 0.6 is 12.4 Å². The zero-order chi connectivity index (χ0) is 11.0. The maximum atomic E-state index is 4.41. The van der Waals surface area contributed by atoms with Gasteiger partial charge in [-0.3, -0.25) is 0 Å². The Kier molecular flexibility index (Phi) is 3.06. The molecule has 0 fully saturated rings. The number of fused-ring (bicyclic) bond motifs is 1. The Balaban J connectivity index is 0.00000108. The van der Waals surface area contributed by atoms with Crippen LogP contribution in [0.3, 0.4) is 0 Å². The molecule has 3 aromatic rings. The molecule has 2 aromatic heterocycles. The molecule has 0 saturated carbocycles. The second-order valence-electron chi connectivity index (χ2n) is 3.65. The number of H-pyrrole nitrogens is 1. The van der Waals surface area contributed by atoms with Gasteiger partial charge < -0.3 is 4.98 Å². The summed E-state index contributed by atoms with van der Waals surface area (Å²) in [5.41, 5.74) is 3.77. The van der Waals surface area contributed by atoms with E-state index in [2.05, 4.69) is 19.9 Å². The number of nitrogens with zero attached hydrogens (tertiary/aromatic N) is 3. The molecule has 0 radical (unpaired) electrons. The highest BCUT2D eigenvalue weighted by Gasteiger charge is 2.06. The second-order valence-corrected chi connectivity index (χ2v) is 3.65. The van der Waals surface area contributed by atoms with E-state index in [9.17, 15) is 0 Å². The van der Waals surface area contributed by atoms with Gasteiger partial charge in [-0.15, -0.1) is 12.4 Å². The topological polar surface area (TPSA) is 54.5 Å². The van der Waals surface area contributed by atoms with E-state index < -0.39 is 0 Å². The van der Waals surface area contributed by atoms with Crippen LogP contribution in [0.25, 0.3) is 22.6 Å². The Labute approximate surface area is 105 Å². The monoisotopic (exact) mass is 246 g/mol. The minimum atomic E-state index is 0. The average Bonchev–Trinajstić information content (AvgIpc) is 2.76. The van der Waals surface area contributed by atoms with Crippen LogP contribution in [0.1, 0.15) is 5.56 Å². The van der Waals surface area contributed by atoms with Crippen LogP contribution in [0.2, 0.25) is 0 Å². The van der Waals surface area contributed by atoms with Gasteiger partial charge >= 0.3 is 0 Å². The summed E-state index contributed by atoms with van der Waals surface area (Å²) in [5, 5.41) is 0. The standard InChI is InChI=1S/C12H10N4.ClH/c1-8-4-2-3-5-9(8)11-13-6-10-12(16-11)15-7-14-10;/h2-7H,1H3,(H,13,14,15,16);1H. The first-order valence-electron chi connectivity index (χ1n) is 5.07. The summed E-state index contributed by atoms with van der Waals surface area (Å²) in [6.07, 6.45) is 3.39. The Morgan fingerprint density at radius 3 is 2.76 bits per heavy atom. The number of halogens is 1. The van der Waals surface area contributed by atoms with E-state index in [0.29, 0.717) is 5.65 Å². The Morgan fingerprint density at radius 2 is 1.94 bits per heavy atom. The Bertz CT molecular complexity index is 648. The fourth-order valence-electron chi connectivity index (χ4n) is 1.69. The molecular weight excluding hydrogens is 236 g/mol. The lowest BCUT2D eigenvalue weighted by molar-refractivity contribution is 1.20. The molecule has 0 spiro atoms. The van der Waals surface area contributed by atoms with Gasteiger partial charge in [0.1, 0.15) is 5.52 Å². The number of hydrogen-bond donors (Lipinski definition) is 1. The number of aromatic amines is 1. The van der Waals surface area contributed by atoms with Crippen molar-refractivity contribution in [3.63, 3.8) is 0 Å². The maximum absolute atomic E-state index is 4.41. The van der Waals surface area contributed by atoms with Gasteiger partial charge in [0, 0.05) is 5.56 Å². The zero-order valence-corrected chi connectivity index (χ0v) is 10.0. The molecule has 1 N–H and O–H groups in total. The molecule has 0 unspecified atom stereocenters. The summed E-state index contributed by atoms with van der Waals surface area (Å²) in [6.45, 7) is 2.05. The molecule has 0 aliphatic rings. The number of rotatable bonds is 1. The molecule has 3 rings (SSSR count). The maximum Gasteiger partial charge on any atom is 0.181 e. The molecular formula is C12H11ClN4. The lowest BCUT2D eigenvalue weighted by atomic mass is 10.1. The van der Waals surface area contributed by atoms with Crippen molar-refractivity contribution < 1.29 is 0 Å². The van der Waals surface area contributed by atoms with Gasteiger partial charge in [0.25, 0.3) is 0 Å². The molecule has 86 valence electrons. The summed E-state index contributed by atoms with van der Waals surface area (Å²) < 4.78 is 0. The lowest BCUT2D eigenvalue weighted by Gasteiger charge is -2.02. The van der Waals surface area contributed by atoms with Gasteiger partial charge in [-0.1, -0.05) is 24.3 Å². The third-order valence-corrected chi connectivity index (χ3v) is 2.56. The van der Waals surface area contributed by atoms with Gasteiger partial charge in [0.15, 0.2) is 11.5 Å². The van der Waals surface area contributed by atoms with Crippen molar-refractivity contribution in [3.05, 3.63) is 42.4 Å². The summed E-state index contributed by atoms with van der Waals surface area (Å²) in [7, 11) is 0. The lowest BCUT2D eigenvalue weighted by Crippen LogP contribution is -1.91. The molecule has 0 aliphatic carbocycles. The number of nitrogens with one attached hydrogen (secondary N) is 1. The molecule has 4 nitrogen and oxygen atoms in total. The summed E-state index contributed by atoms with van der Waals surface area (Å²) in [4.78, 5) is 15.8. The fourth-order valence-corrected chi connectivity index (χ4v) is 1.69. The smallest absolute Gasteiger partial charge is 0.181 e. The zero-order valence-electron chi connectivity index (χ0n) is 9.21. The van der Waals surface area contributed by atoms with E-state index in [1.165, 1.54) is 0 Å². The predicted molar refractivity (Wildman–Crippen MR) is 69.1 cm³/mol. The van der Waals surface area contributed by atoms with E-state index in [1.54, 1.807) is 12.5 Å². The summed E-state index contributed by atoms with van der Waals surface area (Å²) in [6, 6.07) is 8.06. The van der Waals surface area contributed by atoms with Crippen molar-refractivity contribution in [1.29, 1.82) is 0 Å². The van der Waals surface area contributed by atoms with E-state index in [1.807, 2.05) is 31.2 Å². The van der Waals surface area contributed by atoms with E-state index in [4.69, 9.17) is 0 Å². The number of imidazole rings is 1. The largest absolute Gasteiger partial charge is 0.342 e. The molecule has 0 saturated heterocycles.